The molecule has 1 saturated carbocycles. The number of likely N-dealkylation sites (tertiary alicyclic amines) is 1. The summed E-state index contributed by atoms with van der Waals surface area (Å²) < 4.78 is 6.59. The van der Waals surface area contributed by atoms with Crippen LogP contribution in [0.4, 0.5) is 5.69 Å². The van der Waals surface area contributed by atoms with Gasteiger partial charge in [-0.15, -0.1) is 0 Å². The van der Waals surface area contributed by atoms with Crippen LogP contribution in [-0.2, 0) is 16.1 Å². The molecule has 3 heterocycles. The molecule has 1 aromatic rings. The molecule has 8 nitrogen and oxygen atoms in total. The van der Waals surface area contributed by atoms with Crippen LogP contribution >= 0.6 is 0 Å². The van der Waals surface area contributed by atoms with Crippen molar-refractivity contribution < 1.29 is 14.3 Å². The summed E-state index contributed by atoms with van der Waals surface area (Å²) >= 11 is 0. The van der Waals surface area contributed by atoms with Gasteiger partial charge in [0, 0.05) is 31.6 Å². The van der Waals surface area contributed by atoms with Crippen LogP contribution < -0.4 is 15.8 Å². The minimum absolute atomic E-state index is 0.0188. The molecule has 32 heavy (non-hydrogen) atoms. The van der Waals surface area contributed by atoms with Crippen LogP contribution in [-0.4, -0.2) is 52.9 Å². The SMILES string of the molecule is NC(=O)CCCC(Oc1ccc2c(c1)N=C1NC(=O)CN1C2)N1CCCC2CCCCC21. The van der Waals surface area contributed by atoms with Crippen LogP contribution in [0.15, 0.2) is 23.2 Å². The third kappa shape index (κ3) is 4.46. The number of amides is 2. The monoisotopic (exact) mass is 439 g/mol. The highest BCUT2D eigenvalue weighted by molar-refractivity contribution is 6.05. The number of nitrogens with two attached hydrogens (primary N) is 1. The molecule has 0 aromatic heterocycles. The number of hydrogen-bond acceptors (Lipinski definition) is 6. The van der Waals surface area contributed by atoms with Crippen LogP contribution in [0.25, 0.3) is 0 Å². The summed E-state index contributed by atoms with van der Waals surface area (Å²) in [6.07, 6.45) is 9.49. The van der Waals surface area contributed by atoms with E-state index in [-0.39, 0.29) is 18.0 Å². The second kappa shape index (κ2) is 9.10. The van der Waals surface area contributed by atoms with E-state index in [0.717, 1.165) is 42.3 Å². The Morgan fingerprint density at radius 3 is 2.94 bits per heavy atom. The zero-order valence-corrected chi connectivity index (χ0v) is 18.6. The van der Waals surface area contributed by atoms with E-state index in [4.69, 9.17) is 10.5 Å². The van der Waals surface area contributed by atoms with E-state index in [1.165, 1.54) is 38.5 Å². The molecule has 0 radical (unpaired) electrons. The van der Waals surface area contributed by atoms with Gasteiger partial charge in [-0.2, -0.15) is 0 Å². The van der Waals surface area contributed by atoms with Gasteiger partial charge in [0.2, 0.25) is 17.8 Å². The lowest BCUT2D eigenvalue weighted by Crippen LogP contribution is -2.53. The Kier molecular flexibility index (Phi) is 6.04. The molecule has 2 amide bonds. The average Bonchev–Trinajstić information content (AvgIpc) is 3.15. The third-order valence-electron chi connectivity index (χ3n) is 7.33. The fraction of sp³-hybridized carbons (Fsp3) is 0.625. The summed E-state index contributed by atoms with van der Waals surface area (Å²) in [5, 5.41) is 2.82. The van der Waals surface area contributed by atoms with Crippen LogP contribution in [0, 0.1) is 5.92 Å². The number of primary amides is 1. The van der Waals surface area contributed by atoms with E-state index >= 15 is 0 Å². The van der Waals surface area contributed by atoms with Crippen LogP contribution in [0.1, 0.15) is 63.4 Å². The van der Waals surface area contributed by atoms with Crippen molar-refractivity contribution in [2.45, 2.75) is 76.6 Å². The van der Waals surface area contributed by atoms with E-state index < -0.39 is 0 Å². The van der Waals surface area contributed by atoms with Crippen molar-refractivity contribution in [2.24, 2.45) is 16.6 Å². The molecule has 4 aliphatic rings. The zero-order valence-electron chi connectivity index (χ0n) is 18.6. The number of hydrogen-bond donors (Lipinski definition) is 2. The maximum absolute atomic E-state index is 11.7. The molecule has 172 valence electrons. The largest absolute Gasteiger partial charge is 0.475 e. The third-order valence-corrected chi connectivity index (χ3v) is 7.33. The van der Waals surface area contributed by atoms with Crippen LogP contribution in [0.2, 0.25) is 0 Å². The van der Waals surface area contributed by atoms with E-state index in [2.05, 4.69) is 15.2 Å². The van der Waals surface area contributed by atoms with Crippen molar-refractivity contribution in [3.63, 3.8) is 0 Å². The molecular weight excluding hydrogens is 406 g/mol. The number of rotatable bonds is 7. The predicted molar refractivity (Wildman–Crippen MR) is 121 cm³/mol. The van der Waals surface area contributed by atoms with Crippen molar-refractivity contribution >= 4 is 23.5 Å². The Balaban J connectivity index is 1.35. The van der Waals surface area contributed by atoms with Crippen molar-refractivity contribution in [1.82, 2.24) is 15.1 Å². The van der Waals surface area contributed by atoms with Crippen LogP contribution in [0.5, 0.6) is 5.75 Å². The molecule has 1 aromatic carbocycles. The lowest BCUT2D eigenvalue weighted by Gasteiger charge is -2.47. The number of benzene rings is 1. The molecule has 3 N–H and O–H groups in total. The summed E-state index contributed by atoms with van der Waals surface area (Å²) in [5.41, 5.74) is 7.34. The van der Waals surface area contributed by atoms with Gasteiger partial charge in [-0.25, -0.2) is 4.99 Å². The van der Waals surface area contributed by atoms with Gasteiger partial charge in [0.25, 0.3) is 0 Å². The molecule has 1 aliphatic carbocycles. The standard InChI is InChI=1S/C24H33N5O3/c25-21(30)8-3-9-23(29-12-4-6-16-5-1-2-7-20(16)29)32-18-11-10-17-14-28-15-22(31)27-24(28)26-19(17)13-18/h10-11,13,16,20,23H,1-9,12,14-15H2,(H2,25,30)(H,26,27,31). The molecule has 3 fully saturated rings. The van der Waals surface area contributed by atoms with Gasteiger partial charge >= 0.3 is 0 Å². The number of piperidine rings is 1. The molecule has 0 spiro atoms. The minimum atomic E-state index is -0.259. The lowest BCUT2D eigenvalue weighted by molar-refractivity contribution is -0.119. The summed E-state index contributed by atoms with van der Waals surface area (Å²) in [6, 6.07) is 6.60. The number of nitrogens with one attached hydrogen (secondary N) is 1. The number of ether oxygens (including phenoxy) is 1. The van der Waals surface area contributed by atoms with Gasteiger partial charge in [0.1, 0.15) is 12.3 Å². The molecule has 3 atom stereocenters. The van der Waals surface area contributed by atoms with Gasteiger partial charge in [0.15, 0.2) is 6.23 Å². The fourth-order valence-electron chi connectivity index (χ4n) is 5.82. The Hall–Kier alpha value is -2.61. The van der Waals surface area contributed by atoms with E-state index in [1.807, 2.05) is 23.1 Å². The first-order valence-corrected chi connectivity index (χ1v) is 12.0. The van der Waals surface area contributed by atoms with Crippen LogP contribution in [0.3, 0.4) is 0 Å². The second-order valence-electron chi connectivity index (χ2n) is 9.55. The van der Waals surface area contributed by atoms with Crippen molar-refractivity contribution in [2.75, 3.05) is 13.1 Å². The van der Waals surface area contributed by atoms with Crippen molar-refractivity contribution in [3.8, 4) is 5.75 Å². The number of aliphatic imine (C=N–C) groups is 1. The molecular formula is C24H33N5O3. The highest BCUT2D eigenvalue weighted by Gasteiger charge is 2.37. The van der Waals surface area contributed by atoms with Crippen molar-refractivity contribution in [1.29, 1.82) is 0 Å². The van der Waals surface area contributed by atoms with E-state index in [0.29, 0.717) is 31.5 Å². The van der Waals surface area contributed by atoms with Gasteiger partial charge in [-0.3, -0.25) is 19.8 Å². The molecule has 3 unspecified atom stereocenters. The summed E-state index contributed by atoms with van der Waals surface area (Å²) in [6.45, 7) is 2.07. The molecule has 2 saturated heterocycles. The summed E-state index contributed by atoms with van der Waals surface area (Å²) in [7, 11) is 0. The van der Waals surface area contributed by atoms with Gasteiger partial charge in [-0.05, 0) is 56.1 Å². The summed E-state index contributed by atoms with van der Waals surface area (Å²) in [4.78, 5) is 32.2. The highest BCUT2D eigenvalue weighted by atomic mass is 16.5. The number of guanidine groups is 1. The summed E-state index contributed by atoms with van der Waals surface area (Å²) in [5.74, 6) is 1.89. The predicted octanol–water partition coefficient (Wildman–Crippen LogP) is 2.63. The first kappa shape index (κ1) is 21.2. The number of carbonyl (C=O) groups is 2. The first-order valence-electron chi connectivity index (χ1n) is 12.0. The Morgan fingerprint density at radius 1 is 1.22 bits per heavy atom. The minimum Gasteiger partial charge on any atom is -0.475 e. The van der Waals surface area contributed by atoms with E-state index in [9.17, 15) is 9.59 Å². The highest BCUT2D eigenvalue weighted by Crippen LogP contribution is 2.38. The number of fused-ring (bicyclic) bond motifs is 3. The van der Waals surface area contributed by atoms with E-state index in [1.54, 1.807) is 0 Å². The number of nitrogens with zero attached hydrogens (tertiary/aromatic N) is 3. The number of carbonyl (C=O) groups excluding carboxylic acids is 2. The fourth-order valence-corrected chi connectivity index (χ4v) is 5.82. The Morgan fingerprint density at radius 2 is 2.06 bits per heavy atom. The lowest BCUT2D eigenvalue weighted by atomic mass is 9.78. The quantitative estimate of drug-likeness (QED) is 0.680. The van der Waals surface area contributed by atoms with Gasteiger partial charge < -0.3 is 15.4 Å². The molecule has 8 heteroatoms. The topological polar surface area (TPSA) is 100 Å². The van der Waals surface area contributed by atoms with Gasteiger partial charge in [-0.1, -0.05) is 18.9 Å². The smallest absolute Gasteiger partial charge is 0.246 e. The second-order valence-corrected chi connectivity index (χ2v) is 9.55. The Bertz CT molecular complexity index is 915. The molecule has 5 rings (SSSR count). The molecule has 0 bridgehead atoms. The van der Waals surface area contributed by atoms with Crippen molar-refractivity contribution in [3.05, 3.63) is 23.8 Å². The first-order chi connectivity index (χ1) is 15.6. The maximum atomic E-state index is 11.7. The normalized spacial score (nSPS) is 25.8. The maximum Gasteiger partial charge on any atom is 0.246 e. The zero-order chi connectivity index (χ0) is 22.1. The molecule has 3 aliphatic heterocycles. The van der Waals surface area contributed by atoms with Gasteiger partial charge in [0.05, 0.1) is 5.69 Å². The average molecular weight is 440 g/mol. The Labute approximate surface area is 189 Å².